The molecule has 2 aromatic heterocycles. The predicted molar refractivity (Wildman–Crippen MR) is 115 cm³/mol. The first kappa shape index (κ1) is 22.7. The molecule has 0 radical (unpaired) electrons. The number of nitrogens with zero attached hydrogens (tertiary/aromatic N) is 3. The second-order valence-electron chi connectivity index (χ2n) is 8.16. The van der Waals surface area contributed by atoms with Crippen LogP contribution in [0.1, 0.15) is 33.6 Å². The lowest BCUT2D eigenvalue weighted by atomic mass is 10.0. The average Bonchev–Trinajstić information content (AvgIpc) is 2.68. The van der Waals surface area contributed by atoms with Crippen molar-refractivity contribution in [2.75, 3.05) is 24.7 Å². The molecule has 30 heavy (non-hydrogen) atoms. The minimum absolute atomic E-state index is 0.147. The average molecular weight is 456 g/mol. The van der Waals surface area contributed by atoms with Crippen LogP contribution in [0.5, 0.6) is 0 Å². The van der Waals surface area contributed by atoms with Gasteiger partial charge in [0.25, 0.3) is 0 Å². The van der Waals surface area contributed by atoms with Gasteiger partial charge in [-0.3, -0.25) is 4.90 Å². The smallest absolute Gasteiger partial charge is 0.416 e. The lowest BCUT2D eigenvalue weighted by Gasteiger charge is -2.31. The van der Waals surface area contributed by atoms with Crippen molar-refractivity contribution in [3.63, 3.8) is 0 Å². The van der Waals surface area contributed by atoms with Gasteiger partial charge in [-0.2, -0.15) is 4.39 Å². The molecule has 0 aromatic carbocycles. The molecule has 3 rings (SSSR count). The third-order valence-corrected chi connectivity index (χ3v) is 5.10. The molecule has 1 saturated heterocycles. The number of pyridine rings is 2. The second-order valence-corrected chi connectivity index (χ2v) is 8.98. The Hall–Kier alpha value is -1.96. The van der Waals surface area contributed by atoms with Gasteiger partial charge in [-0.15, -0.1) is 0 Å². The van der Waals surface area contributed by atoms with Gasteiger partial charge in [0, 0.05) is 36.9 Å². The summed E-state index contributed by atoms with van der Waals surface area (Å²) < 4.78 is 24.9. The van der Waals surface area contributed by atoms with E-state index in [9.17, 15) is 9.18 Å². The van der Waals surface area contributed by atoms with E-state index < -0.39 is 17.6 Å². The molecule has 1 unspecified atom stereocenters. The first-order valence-electron chi connectivity index (χ1n) is 9.70. The Labute approximate surface area is 185 Å². The Morgan fingerprint density at radius 1 is 1.33 bits per heavy atom. The van der Waals surface area contributed by atoms with Crippen LogP contribution in [0, 0.1) is 11.9 Å². The van der Waals surface area contributed by atoms with E-state index in [2.05, 4.69) is 9.97 Å². The number of halogens is 3. The number of ether oxygens (including phenoxy) is 2. The molecule has 1 amide bonds. The highest BCUT2D eigenvalue weighted by Gasteiger charge is 2.28. The maximum absolute atomic E-state index is 13.7. The predicted octanol–water partition coefficient (Wildman–Crippen LogP) is 5.76. The molecule has 162 valence electrons. The molecule has 3 heterocycles. The van der Waals surface area contributed by atoms with Gasteiger partial charge in [0.15, 0.2) is 0 Å². The van der Waals surface area contributed by atoms with Crippen LogP contribution in [0.4, 0.5) is 15.0 Å². The van der Waals surface area contributed by atoms with E-state index in [4.69, 9.17) is 32.7 Å². The Morgan fingerprint density at radius 3 is 2.77 bits per heavy atom. The molecule has 6 nitrogen and oxygen atoms in total. The summed E-state index contributed by atoms with van der Waals surface area (Å²) in [5.74, 6) is -0.224. The van der Waals surface area contributed by atoms with E-state index in [1.54, 1.807) is 32.9 Å². The molecular formula is C21H24Cl2FN3O3. The highest BCUT2D eigenvalue weighted by Crippen LogP contribution is 2.34. The van der Waals surface area contributed by atoms with Gasteiger partial charge in [0.05, 0.1) is 22.3 Å². The summed E-state index contributed by atoms with van der Waals surface area (Å²) in [6.45, 7) is 7.05. The van der Waals surface area contributed by atoms with Crippen molar-refractivity contribution in [1.29, 1.82) is 0 Å². The van der Waals surface area contributed by atoms with E-state index in [-0.39, 0.29) is 21.7 Å². The number of rotatable bonds is 4. The summed E-state index contributed by atoms with van der Waals surface area (Å²) in [6, 6.07) is 4.39. The van der Waals surface area contributed by atoms with E-state index in [1.165, 1.54) is 11.1 Å². The molecule has 1 aliphatic heterocycles. The van der Waals surface area contributed by atoms with Gasteiger partial charge in [-0.05, 0) is 45.7 Å². The molecule has 0 spiro atoms. The summed E-state index contributed by atoms with van der Waals surface area (Å²) in [6.07, 6.45) is 2.53. The summed E-state index contributed by atoms with van der Waals surface area (Å²) in [7, 11) is 0. The summed E-state index contributed by atoms with van der Waals surface area (Å²) in [5, 5.41) is 0.476. The highest BCUT2D eigenvalue weighted by molar-refractivity contribution is 6.36. The number of carbonyl (C=O) groups excluding carboxylic acids is 1. The Morgan fingerprint density at radius 2 is 2.10 bits per heavy atom. The molecule has 0 bridgehead atoms. The number of anilines is 1. The lowest BCUT2D eigenvalue weighted by molar-refractivity contribution is 0.0465. The van der Waals surface area contributed by atoms with E-state index in [0.29, 0.717) is 24.5 Å². The second kappa shape index (κ2) is 9.45. The molecule has 0 saturated carbocycles. The van der Waals surface area contributed by atoms with Crippen LogP contribution in [-0.4, -0.2) is 41.4 Å². The normalized spacial score (nSPS) is 16.9. The molecular weight excluding hydrogens is 432 g/mol. The topological polar surface area (TPSA) is 64.5 Å². The van der Waals surface area contributed by atoms with Crippen molar-refractivity contribution >= 4 is 35.1 Å². The summed E-state index contributed by atoms with van der Waals surface area (Å²) in [4.78, 5) is 22.5. The van der Waals surface area contributed by atoms with Crippen molar-refractivity contribution in [2.45, 2.75) is 39.2 Å². The van der Waals surface area contributed by atoms with Crippen molar-refractivity contribution in [1.82, 2.24) is 9.97 Å². The van der Waals surface area contributed by atoms with Crippen LogP contribution < -0.4 is 4.90 Å². The van der Waals surface area contributed by atoms with Crippen LogP contribution in [0.15, 0.2) is 24.4 Å². The fraction of sp³-hybridized carbons (Fsp3) is 0.476. The molecule has 1 atom stereocenters. The van der Waals surface area contributed by atoms with Crippen LogP contribution in [-0.2, 0) is 9.47 Å². The third-order valence-electron chi connectivity index (χ3n) is 4.49. The third kappa shape index (κ3) is 5.80. The van der Waals surface area contributed by atoms with Crippen molar-refractivity contribution < 1.29 is 18.7 Å². The van der Waals surface area contributed by atoms with Gasteiger partial charge >= 0.3 is 6.09 Å². The largest absolute Gasteiger partial charge is 0.443 e. The number of hydrogen-bond donors (Lipinski definition) is 0. The van der Waals surface area contributed by atoms with Crippen LogP contribution in [0.25, 0.3) is 11.3 Å². The number of aromatic nitrogens is 2. The Balaban J connectivity index is 1.99. The van der Waals surface area contributed by atoms with Crippen molar-refractivity contribution in [2.24, 2.45) is 5.92 Å². The Kier molecular flexibility index (Phi) is 7.16. The van der Waals surface area contributed by atoms with Gasteiger partial charge in [-0.1, -0.05) is 23.2 Å². The number of amides is 1. The molecule has 0 aliphatic carbocycles. The first-order valence-corrected chi connectivity index (χ1v) is 10.5. The van der Waals surface area contributed by atoms with Gasteiger partial charge < -0.3 is 9.47 Å². The lowest BCUT2D eigenvalue weighted by Crippen LogP contribution is -2.41. The van der Waals surface area contributed by atoms with Gasteiger partial charge in [0.2, 0.25) is 5.95 Å². The van der Waals surface area contributed by atoms with Crippen molar-refractivity contribution in [3.05, 3.63) is 40.4 Å². The zero-order valence-electron chi connectivity index (χ0n) is 17.1. The molecule has 2 aromatic rings. The summed E-state index contributed by atoms with van der Waals surface area (Å²) in [5.41, 5.74) is -0.124. The van der Waals surface area contributed by atoms with Crippen LogP contribution in [0.2, 0.25) is 10.0 Å². The van der Waals surface area contributed by atoms with Crippen molar-refractivity contribution in [3.8, 4) is 11.3 Å². The fourth-order valence-corrected chi connectivity index (χ4v) is 3.55. The van der Waals surface area contributed by atoms with E-state index >= 15 is 0 Å². The quantitative estimate of drug-likeness (QED) is 0.548. The minimum atomic E-state index is -0.707. The zero-order chi connectivity index (χ0) is 21.9. The standard InChI is InChI=1S/C21H24Cl2FN3O3/c1-21(2,3)30-20(28)27(11-13-5-4-8-29-12-13)18-7-6-15(22)19(26-18)14-9-17(24)25-10-16(14)23/h6-7,9-10,13H,4-5,8,11-12H2,1-3H3. The zero-order valence-corrected chi connectivity index (χ0v) is 18.6. The van der Waals surface area contributed by atoms with Gasteiger partial charge in [-0.25, -0.2) is 14.8 Å². The molecule has 1 aliphatic rings. The minimum Gasteiger partial charge on any atom is -0.443 e. The molecule has 0 N–H and O–H groups in total. The maximum atomic E-state index is 13.7. The first-order chi connectivity index (χ1) is 14.1. The summed E-state index contributed by atoms with van der Waals surface area (Å²) >= 11 is 12.5. The molecule has 1 fully saturated rings. The van der Waals surface area contributed by atoms with E-state index in [1.807, 2.05) is 0 Å². The SMILES string of the molecule is CC(C)(C)OC(=O)N(CC1CCCOC1)c1ccc(Cl)c(-c2cc(F)ncc2Cl)n1. The van der Waals surface area contributed by atoms with E-state index in [0.717, 1.165) is 25.5 Å². The number of carbonyl (C=O) groups is 1. The molecule has 9 heteroatoms. The maximum Gasteiger partial charge on any atom is 0.416 e. The van der Waals surface area contributed by atoms with Crippen LogP contribution >= 0.6 is 23.2 Å². The van der Waals surface area contributed by atoms with Crippen LogP contribution in [0.3, 0.4) is 0 Å². The Bertz CT molecular complexity index is 915. The monoisotopic (exact) mass is 455 g/mol. The van der Waals surface area contributed by atoms with Gasteiger partial charge in [0.1, 0.15) is 11.4 Å². The fourth-order valence-electron chi connectivity index (χ4n) is 3.15. The number of hydrogen-bond acceptors (Lipinski definition) is 5. The highest BCUT2D eigenvalue weighted by atomic mass is 35.5.